The van der Waals surface area contributed by atoms with E-state index in [9.17, 15) is 33.3 Å². The summed E-state index contributed by atoms with van der Waals surface area (Å²) in [6.07, 6.45) is -1.25. The molecular weight excluding hydrogens is 476 g/mol. The molecule has 1 atom stereocenters. The smallest absolute Gasteiger partial charge is 0.410 e. The highest BCUT2D eigenvalue weighted by molar-refractivity contribution is 6.12. The predicted octanol–water partition coefficient (Wildman–Crippen LogP) is 5.30. The van der Waals surface area contributed by atoms with Crippen LogP contribution in [0.2, 0.25) is 0 Å². The first-order valence-electron chi connectivity index (χ1n) is 10.5. The molecular formula is C25H17F2N3O6. The molecule has 0 bridgehead atoms. The minimum Gasteiger partial charge on any atom is -0.410 e. The number of ketones is 1. The van der Waals surface area contributed by atoms with E-state index in [1.165, 1.54) is 19.1 Å². The number of hydrogen-bond donors (Lipinski definition) is 1. The van der Waals surface area contributed by atoms with Gasteiger partial charge < -0.3 is 10.1 Å². The van der Waals surface area contributed by atoms with Crippen LogP contribution in [0.4, 0.5) is 24.1 Å². The second-order valence-electron chi connectivity index (χ2n) is 7.73. The number of imide groups is 1. The third-order valence-electron chi connectivity index (χ3n) is 5.44. The van der Waals surface area contributed by atoms with Crippen LogP contribution in [0.25, 0.3) is 0 Å². The van der Waals surface area contributed by atoms with Gasteiger partial charge in [0, 0.05) is 29.0 Å². The lowest BCUT2D eigenvalue weighted by Gasteiger charge is -2.36. The van der Waals surface area contributed by atoms with Gasteiger partial charge in [-0.05, 0) is 36.8 Å². The fourth-order valence-corrected chi connectivity index (χ4v) is 3.75. The summed E-state index contributed by atoms with van der Waals surface area (Å²) in [6.45, 7) is 1.44. The summed E-state index contributed by atoms with van der Waals surface area (Å²) >= 11 is 0. The number of amides is 3. The van der Waals surface area contributed by atoms with Crippen LogP contribution in [0.1, 0.15) is 28.9 Å². The van der Waals surface area contributed by atoms with Crippen molar-refractivity contribution in [2.24, 2.45) is 0 Å². The van der Waals surface area contributed by atoms with Crippen LogP contribution in [0.3, 0.4) is 0 Å². The van der Waals surface area contributed by atoms with Gasteiger partial charge in [-0.3, -0.25) is 14.9 Å². The van der Waals surface area contributed by atoms with Crippen molar-refractivity contribution < 1.29 is 32.8 Å². The molecule has 1 heterocycles. The number of non-ortho nitro benzene ring substituents is 1. The number of Topliss-reactive ketones (excluding diaryl/α,β-unsaturated/α-hetero) is 1. The number of urea groups is 1. The predicted molar refractivity (Wildman–Crippen MR) is 122 cm³/mol. The van der Waals surface area contributed by atoms with Crippen molar-refractivity contribution in [1.82, 2.24) is 10.2 Å². The van der Waals surface area contributed by atoms with Gasteiger partial charge in [0.2, 0.25) is 0 Å². The molecule has 3 aromatic carbocycles. The highest BCUT2D eigenvalue weighted by atomic mass is 19.2. The van der Waals surface area contributed by atoms with Crippen molar-refractivity contribution in [2.45, 2.75) is 13.0 Å². The monoisotopic (exact) mass is 493 g/mol. The van der Waals surface area contributed by atoms with E-state index in [1.807, 2.05) is 0 Å². The van der Waals surface area contributed by atoms with Gasteiger partial charge in [0.05, 0.1) is 4.92 Å². The van der Waals surface area contributed by atoms with Gasteiger partial charge in [0.25, 0.3) is 5.69 Å². The summed E-state index contributed by atoms with van der Waals surface area (Å²) in [5.74, 6) is -3.08. The molecule has 0 fully saturated rings. The van der Waals surface area contributed by atoms with Crippen LogP contribution in [0.5, 0.6) is 5.75 Å². The van der Waals surface area contributed by atoms with Gasteiger partial charge >= 0.3 is 12.1 Å². The largest absolute Gasteiger partial charge is 0.424 e. The maximum atomic E-state index is 14.2. The third kappa shape index (κ3) is 4.67. The standard InChI is InChI=1S/C25H17F2N3O6/c1-14-21(23(31)15-5-3-2-4-6-15)22(16-7-12-19(26)20(27)13-16)29(24(32)28-14)25(33)36-18-10-8-17(9-11-18)30(34)35/h2-13,22H,1H3,(H,28,32). The first kappa shape index (κ1) is 24.2. The van der Waals surface area contributed by atoms with Gasteiger partial charge in [-0.1, -0.05) is 36.4 Å². The minimum absolute atomic E-state index is 0.0527. The zero-order valence-electron chi connectivity index (χ0n) is 18.6. The summed E-state index contributed by atoms with van der Waals surface area (Å²) in [6, 6.07) is 12.8. The van der Waals surface area contributed by atoms with Crippen molar-refractivity contribution in [1.29, 1.82) is 0 Å². The Bertz CT molecular complexity index is 1410. The fraction of sp³-hybridized carbons (Fsp3) is 0.0800. The Hall–Kier alpha value is -4.93. The normalized spacial score (nSPS) is 15.4. The van der Waals surface area contributed by atoms with Crippen molar-refractivity contribution in [2.75, 3.05) is 0 Å². The van der Waals surface area contributed by atoms with Gasteiger partial charge in [-0.2, -0.15) is 0 Å². The minimum atomic E-state index is -1.47. The molecule has 1 aliphatic heterocycles. The Balaban J connectivity index is 1.79. The summed E-state index contributed by atoms with van der Waals surface area (Å²) in [5, 5.41) is 13.3. The Morgan fingerprint density at radius 1 is 1.00 bits per heavy atom. The number of hydrogen-bond acceptors (Lipinski definition) is 6. The van der Waals surface area contributed by atoms with E-state index in [2.05, 4.69) is 5.32 Å². The number of nitrogens with one attached hydrogen (secondary N) is 1. The van der Waals surface area contributed by atoms with Crippen molar-refractivity contribution in [3.8, 4) is 5.75 Å². The van der Waals surface area contributed by atoms with Gasteiger partial charge in [-0.15, -0.1) is 0 Å². The summed E-state index contributed by atoms with van der Waals surface area (Å²) in [7, 11) is 0. The van der Waals surface area contributed by atoms with Crippen molar-refractivity contribution >= 4 is 23.6 Å². The van der Waals surface area contributed by atoms with Crippen LogP contribution < -0.4 is 10.1 Å². The molecule has 0 aromatic heterocycles. The number of carbonyl (C=O) groups is 3. The van der Waals surface area contributed by atoms with Gasteiger partial charge in [0.1, 0.15) is 11.8 Å². The van der Waals surface area contributed by atoms with Crippen LogP contribution in [0.15, 0.2) is 84.1 Å². The maximum Gasteiger partial charge on any atom is 0.424 e. The number of ether oxygens (including phenoxy) is 1. The molecule has 0 saturated heterocycles. The molecule has 3 aromatic rings. The molecule has 36 heavy (non-hydrogen) atoms. The molecule has 3 amide bonds. The topological polar surface area (TPSA) is 119 Å². The average Bonchev–Trinajstić information content (AvgIpc) is 2.85. The number of nitrogens with zero attached hydrogens (tertiary/aromatic N) is 2. The molecule has 1 N–H and O–H groups in total. The zero-order valence-corrected chi connectivity index (χ0v) is 18.6. The maximum absolute atomic E-state index is 14.2. The van der Waals surface area contributed by atoms with E-state index in [4.69, 9.17) is 4.74 Å². The quantitative estimate of drug-likeness (QED) is 0.293. The molecule has 0 radical (unpaired) electrons. The molecule has 9 nitrogen and oxygen atoms in total. The number of nitro benzene ring substituents is 1. The first-order valence-corrected chi connectivity index (χ1v) is 10.5. The highest BCUT2D eigenvalue weighted by Gasteiger charge is 2.42. The molecule has 1 unspecified atom stereocenters. The van der Waals surface area contributed by atoms with Crippen molar-refractivity contribution in [3.63, 3.8) is 0 Å². The number of carbonyl (C=O) groups excluding carboxylic acids is 3. The molecule has 0 saturated carbocycles. The fourth-order valence-electron chi connectivity index (χ4n) is 3.75. The van der Waals surface area contributed by atoms with Gasteiger partial charge in [0.15, 0.2) is 17.4 Å². The summed E-state index contributed by atoms with van der Waals surface area (Å²) in [4.78, 5) is 50.3. The lowest BCUT2D eigenvalue weighted by atomic mass is 9.88. The lowest BCUT2D eigenvalue weighted by Crippen LogP contribution is -2.52. The molecule has 182 valence electrons. The second-order valence-corrected chi connectivity index (χ2v) is 7.73. The van der Waals surface area contributed by atoms with E-state index >= 15 is 0 Å². The van der Waals surface area contributed by atoms with Crippen LogP contribution in [0, 0.1) is 21.7 Å². The molecule has 11 heteroatoms. The third-order valence-corrected chi connectivity index (χ3v) is 5.44. The van der Waals surface area contributed by atoms with Crippen LogP contribution >= 0.6 is 0 Å². The Morgan fingerprint density at radius 3 is 2.28 bits per heavy atom. The number of allylic oxidation sites excluding steroid dienone is 1. The Labute approximate surface area is 202 Å². The highest BCUT2D eigenvalue weighted by Crippen LogP contribution is 2.37. The Morgan fingerprint density at radius 2 is 1.67 bits per heavy atom. The summed E-state index contributed by atoms with van der Waals surface area (Å²) < 4.78 is 33.1. The number of nitro groups is 1. The van der Waals surface area contributed by atoms with E-state index in [1.54, 1.807) is 18.2 Å². The molecule has 0 spiro atoms. The molecule has 0 aliphatic carbocycles. The van der Waals surface area contributed by atoms with Crippen LogP contribution in [-0.2, 0) is 0 Å². The SMILES string of the molecule is CC1=C(C(=O)c2ccccc2)C(c2ccc(F)c(F)c2)N(C(=O)Oc2ccc([N+](=O)[O-])cc2)C(=O)N1. The van der Waals surface area contributed by atoms with E-state index in [0.29, 0.717) is 4.90 Å². The van der Waals surface area contributed by atoms with E-state index in [0.717, 1.165) is 42.5 Å². The average molecular weight is 493 g/mol. The van der Waals surface area contributed by atoms with Crippen LogP contribution in [-0.4, -0.2) is 27.7 Å². The lowest BCUT2D eigenvalue weighted by molar-refractivity contribution is -0.384. The molecule has 4 rings (SSSR count). The number of halogens is 2. The van der Waals surface area contributed by atoms with E-state index in [-0.39, 0.29) is 33.8 Å². The van der Waals surface area contributed by atoms with E-state index < -0.39 is 40.5 Å². The number of benzene rings is 3. The number of rotatable bonds is 5. The first-order chi connectivity index (χ1) is 17.2. The zero-order chi connectivity index (χ0) is 26.0. The Kier molecular flexibility index (Phi) is 6.55. The van der Waals surface area contributed by atoms with Gasteiger partial charge in [-0.25, -0.2) is 23.3 Å². The molecule has 1 aliphatic rings. The second kappa shape index (κ2) is 9.74. The summed E-state index contributed by atoms with van der Waals surface area (Å²) in [5.41, 5.74) is -0.0165. The van der Waals surface area contributed by atoms with Crippen molar-refractivity contribution in [3.05, 3.63) is 117 Å².